The van der Waals surface area contributed by atoms with Crippen molar-refractivity contribution in [3.05, 3.63) is 18.0 Å². The topological polar surface area (TPSA) is 83.3 Å². The molecule has 0 aliphatic rings. The predicted octanol–water partition coefficient (Wildman–Crippen LogP) is 0.229. The van der Waals surface area contributed by atoms with E-state index in [0.29, 0.717) is 19.0 Å². The lowest BCUT2D eigenvalue weighted by molar-refractivity contribution is -0.119. The summed E-state index contributed by atoms with van der Waals surface area (Å²) in [5.74, 6) is 0.573. The molecule has 1 heterocycles. The highest BCUT2D eigenvalue weighted by Gasteiger charge is 2.03. The normalized spacial score (nSPS) is 10.7. The predicted molar refractivity (Wildman–Crippen MR) is 90.1 cm³/mol. The van der Waals surface area contributed by atoms with E-state index in [4.69, 9.17) is 0 Å². The van der Waals surface area contributed by atoms with Crippen molar-refractivity contribution >= 4 is 35.8 Å². The van der Waals surface area contributed by atoms with E-state index < -0.39 is 0 Å². The van der Waals surface area contributed by atoms with Gasteiger partial charge in [0, 0.05) is 26.3 Å². The van der Waals surface area contributed by atoms with Gasteiger partial charge in [-0.25, -0.2) is 4.99 Å². The third-order valence-corrected chi connectivity index (χ3v) is 2.46. The van der Waals surface area contributed by atoms with Crippen molar-refractivity contribution in [3.63, 3.8) is 0 Å². The highest BCUT2D eigenvalue weighted by molar-refractivity contribution is 14.0. The van der Waals surface area contributed by atoms with Crippen molar-refractivity contribution in [3.8, 4) is 0 Å². The molecule has 20 heavy (non-hydrogen) atoms. The van der Waals surface area contributed by atoms with Crippen LogP contribution in [0.15, 0.2) is 17.3 Å². The molecule has 0 atom stereocenters. The molecular formula is C12H23IN6O. The lowest BCUT2D eigenvalue weighted by Crippen LogP contribution is -2.43. The van der Waals surface area contributed by atoms with Crippen LogP contribution in [0.25, 0.3) is 0 Å². The second-order valence-electron chi connectivity index (χ2n) is 3.95. The largest absolute Gasteiger partial charge is 0.357 e. The second-order valence-corrected chi connectivity index (χ2v) is 3.95. The summed E-state index contributed by atoms with van der Waals surface area (Å²) in [4.78, 5) is 15.8. The number of guanidine groups is 1. The standard InChI is InChI=1S/C12H22N6O.HI/c1-4-13-11(19)9-16-12(14-5-2)15-8-10-6-7-17-18(10)3;/h6-7H,4-5,8-9H2,1-3H3,(H,13,19)(H2,14,15,16);1H. The number of likely N-dealkylation sites (N-methyl/N-ethyl adjacent to an activating group) is 1. The zero-order valence-electron chi connectivity index (χ0n) is 12.1. The zero-order chi connectivity index (χ0) is 14.1. The molecule has 1 aromatic heterocycles. The number of nitrogens with zero attached hydrogens (tertiary/aromatic N) is 3. The number of carbonyl (C=O) groups is 1. The van der Waals surface area contributed by atoms with Crippen LogP contribution < -0.4 is 16.0 Å². The Hall–Kier alpha value is -1.32. The van der Waals surface area contributed by atoms with Gasteiger partial charge < -0.3 is 16.0 Å². The van der Waals surface area contributed by atoms with Gasteiger partial charge in [-0.1, -0.05) is 0 Å². The van der Waals surface area contributed by atoms with Crippen LogP contribution in [0.2, 0.25) is 0 Å². The van der Waals surface area contributed by atoms with Crippen molar-refractivity contribution in [1.29, 1.82) is 0 Å². The molecular weight excluding hydrogens is 371 g/mol. The van der Waals surface area contributed by atoms with E-state index in [1.807, 2.05) is 27.0 Å². The van der Waals surface area contributed by atoms with Crippen LogP contribution in [0.1, 0.15) is 19.5 Å². The van der Waals surface area contributed by atoms with Crippen LogP contribution >= 0.6 is 24.0 Å². The van der Waals surface area contributed by atoms with Gasteiger partial charge in [0.05, 0.1) is 18.8 Å². The van der Waals surface area contributed by atoms with E-state index in [1.165, 1.54) is 0 Å². The lowest BCUT2D eigenvalue weighted by Gasteiger charge is -2.11. The quantitative estimate of drug-likeness (QED) is 0.367. The summed E-state index contributed by atoms with van der Waals surface area (Å²) in [7, 11) is 1.87. The molecule has 0 bridgehead atoms. The first-order valence-electron chi connectivity index (χ1n) is 6.43. The molecule has 1 aromatic rings. The fourth-order valence-electron chi connectivity index (χ4n) is 1.48. The Morgan fingerprint density at radius 2 is 2.00 bits per heavy atom. The number of rotatable bonds is 6. The molecule has 1 rings (SSSR count). The third-order valence-electron chi connectivity index (χ3n) is 2.46. The first-order valence-corrected chi connectivity index (χ1v) is 6.43. The summed E-state index contributed by atoms with van der Waals surface area (Å²) < 4.78 is 1.77. The van der Waals surface area contributed by atoms with Crippen molar-refractivity contribution in [2.75, 3.05) is 19.6 Å². The van der Waals surface area contributed by atoms with E-state index >= 15 is 0 Å². The van der Waals surface area contributed by atoms with E-state index in [1.54, 1.807) is 10.9 Å². The summed E-state index contributed by atoms with van der Waals surface area (Å²) in [6.45, 7) is 5.97. The van der Waals surface area contributed by atoms with Gasteiger partial charge in [0.2, 0.25) is 5.91 Å². The minimum atomic E-state index is -0.0476. The molecule has 0 aliphatic carbocycles. The van der Waals surface area contributed by atoms with Crippen LogP contribution in [0, 0.1) is 0 Å². The van der Waals surface area contributed by atoms with Gasteiger partial charge >= 0.3 is 0 Å². The van der Waals surface area contributed by atoms with Gasteiger partial charge in [0.15, 0.2) is 5.96 Å². The number of carbonyl (C=O) groups excluding carboxylic acids is 1. The zero-order valence-corrected chi connectivity index (χ0v) is 14.5. The van der Waals surface area contributed by atoms with Gasteiger partial charge in [0.1, 0.15) is 0 Å². The second kappa shape index (κ2) is 10.5. The van der Waals surface area contributed by atoms with E-state index in [-0.39, 0.29) is 36.4 Å². The average molecular weight is 394 g/mol. The number of aryl methyl sites for hydroxylation is 1. The SMILES string of the molecule is CCNC(=O)CNC(=NCc1ccnn1C)NCC.I. The minimum absolute atomic E-state index is 0. The highest BCUT2D eigenvalue weighted by Crippen LogP contribution is 1.97. The molecule has 0 saturated heterocycles. The van der Waals surface area contributed by atoms with Gasteiger partial charge in [0.25, 0.3) is 0 Å². The summed E-state index contributed by atoms with van der Waals surface area (Å²) in [6, 6.07) is 1.91. The Kier molecular flexibility index (Phi) is 9.77. The van der Waals surface area contributed by atoms with Crippen molar-refractivity contribution in [2.45, 2.75) is 20.4 Å². The molecule has 7 nitrogen and oxygen atoms in total. The maximum atomic E-state index is 11.4. The molecule has 0 aliphatic heterocycles. The molecule has 0 fully saturated rings. The molecule has 0 aromatic carbocycles. The van der Waals surface area contributed by atoms with E-state index in [0.717, 1.165) is 12.2 Å². The van der Waals surface area contributed by atoms with Gasteiger partial charge in [-0.15, -0.1) is 24.0 Å². The fourth-order valence-corrected chi connectivity index (χ4v) is 1.48. The Labute approximate surface area is 136 Å². The Morgan fingerprint density at radius 1 is 1.30 bits per heavy atom. The molecule has 3 N–H and O–H groups in total. The number of aromatic nitrogens is 2. The van der Waals surface area contributed by atoms with Crippen molar-refractivity contribution < 1.29 is 4.79 Å². The number of halogens is 1. The number of aliphatic imine (C=N–C) groups is 1. The fraction of sp³-hybridized carbons (Fsp3) is 0.583. The summed E-state index contributed by atoms with van der Waals surface area (Å²) in [5, 5.41) is 12.9. The molecule has 0 spiro atoms. The molecule has 0 saturated carbocycles. The first kappa shape index (κ1) is 18.7. The van der Waals surface area contributed by atoms with Crippen LogP contribution in [-0.2, 0) is 18.4 Å². The maximum Gasteiger partial charge on any atom is 0.239 e. The average Bonchev–Trinajstić information content (AvgIpc) is 2.79. The van der Waals surface area contributed by atoms with E-state index in [9.17, 15) is 4.79 Å². The number of amides is 1. The van der Waals surface area contributed by atoms with Crippen LogP contribution in [0.4, 0.5) is 0 Å². The van der Waals surface area contributed by atoms with Gasteiger partial charge in [-0.2, -0.15) is 5.10 Å². The minimum Gasteiger partial charge on any atom is -0.357 e. The van der Waals surface area contributed by atoms with Crippen LogP contribution in [0.5, 0.6) is 0 Å². The van der Waals surface area contributed by atoms with Crippen LogP contribution in [-0.4, -0.2) is 41.3 Å². The molecule has 0 radical (unpaired) electrons. The van der Waals surface area contributed by atoms with Gasteiger partial charge in [-0.3, -0.25) is 9.48 Å². The molecule has 8 heteroatoms. The Balaban J connectivity index is 0.00000361. The number of hydrogen-bond acceptors (Lipinski definition) is 3. The highest BCUT2D eigenvalue weighted by atomic mass is 127. The maximum absolute atomic E-state index is 11.4. The van der Waals surface area contributed by atoms with Gasteiger partial charge in [-0.05, 0) is 19.9 Å². The summed E-state index contributed by atoms with van der Waals surface area (Å²) in [6.07, 6.45) is 1.74. The number of hydrogen-bond donors (Lipinski definition) is 3. The smallest absolute Gasteiger partial charge is 0.239 e. The van der Waals surface area contributed by atoms with Crippen LogP contribution in [0.3, 0.4) is 0 Å². The first-order chi connectivity index (χ1) is 9.17. The summed E-state index contributed by atoms with van der Waals surface area (Å²) >= 11 is 0. The monoisotopic (exact) mass is 394 g/mol. The third kappa shape index (κ3) is 6.73. The number of nitrogens with one attached hydrogen (secondary N) is 3. The molecule has 0 unspecified atom stereocenters. The molecule has 1 amide bonds. The lowest BCUT2D eigenvalue weighted by atomic mass is 10.4. The summed E-state index contributed by atoms with van der Waals surface area (Å²) in [5.41, 5.74) is 1.01. The van der Waals surface area contributed by atoms with Crippen molar-refractivity contribution in [2.24, 2.45) is 12.0 Å². The Bertz CT molecular complexity index is 431. The van der Waals surface area contributed by atoms with Crippen molar-refractivity contribution in [1.82, 2.24) is 25.7 Å². The Morgan fingerprint density at radius 3 is 2.55 bits per heavy atom. The molecule has 114 valence electrons. The van der Waals surface area contributed by atoms with E-state index in [2.05, 4.69) is 26.0 Å².